The molecule has 0 radical (unpaired) electrons. The number of benzene rings is 3. The third kappa shape index (κ3) is 2.99. The Hall–Kier alpha value is -2.37. The lowest BCUT2D eigenvalue weighted by molar-refractivity contribution is -0.0191. The summed E-state index contributed by atoms with van der Waals surface area (Å²) >= 11 is 9.31. The molecule has 0 saturated heterocycles. The van der Waals surface area contributed by atoms with Crippen LogP contribution in [0.25, 0.3) is 0 Å². The molecule has 0 aromatic heterocycles. The molecule has 0 aliphatic carbocycles. The van der Waals surface area contributed by atoms with Crippen molar-refractivity contribution >= 4 is 33.2 Å². The van der Waals surface area contributed by atoms with Gasteiger partial charge in [-0.25, -0.2) is 9.40 Å². The Morgan fingerprint density at radius 1 is 1.07 bits per heavy atom. The summed E-state index contributed by atoms with van der Waals surface area (Å²) in [5.41, 5.74) is 3.96. The highest BCUT2D eigenvalue weighted by Crippen LogP contribution is 2.47. The van der Waals surface area contributed by atoms with E-state index in [9.17, 15) is 4.39 Å². The minimum absolute atomic E-state index is 0.0597. The van der Waals surface area contributed by atoms with Gasteiger partial charge in [-0.3, -0.25) is 0 Å². The Kier molecular flexibility index (Phi) is 4.37. The number of halogens is 3. The molecule has 0 spiro atoms. The molecule has 0 unspecified atom stereocenters. The summed E-state index contributed by atoms with van der Waals surface area (Å²) in [5, 5.41) is 7.57. The smallest absolute Gasteiger partial charge is 0.213 e. The van der Waals surface area contributed by atoms with E-state index in [1.54, 1.807) is 12.1 Å². The van der Waals surface area contributed by atoms with Gasteiger partial charge in [0.05, 0.1) is 16.2 Å². The van der Waals surface area contributed by atoms with E-state index in [1.807, 2.05) is 47.5 Å². The van der Waals surface area contributed by atoms with Crippen LogP contribution in [0.3, 0.4) is 0 Å². The molecule has 0 amide bonds. The van der Waals surface area contributed by atoms with Crippen LogP contribution in [0.15, 0.2) is 76.3 Å². The first-order chi connectivity index (χ1) is 13.6. The van der Waals surface area contributed by atoms with Gasteiger partial charge in [0.1, 0.15) is 11.6 Å². The van der Waals surface area contributed by atoms with E-state index in [0.29, 0.717) is 9.50 Å². The number of para-hydroxylation sites is 1. The molecule has 3 aromatic rings. The average molecular weight is 458 g/mol. The lowest BCUT2D eigenvalue weighted by Crippen LogP contribution is -2.33. The Morgan fingerprint density at radius 3 is 2.64 bits per heavy atom. The summed E-state index contributed by atoms with van der Waals surface area (Å²) < 4.78 is 20.4. The predicted molar refractivity (Wildman–Crippen MR) is 111 cm³/mol. The quantitative estimate of drug-likeness (QED) is 0.440. The number of hydrogen-bond acceptors (Lipinski definition) is 3. The van der Waals surface area contributed by atoms with Crippen molar-refractivity contribution in [2.24, 2.45) is 5.10 Å². The van der Waals surface area contributed by atoms with E-state index in [-0.39, 0.29) is 11.9 Å². The Labute approximate surface area is 175 Å². The van der Waals surface area contributed by atoms with Gasteiger partial charge < -0.3 is 4.74 Å². The Bertz CT molecular complexity index is 1090. The van der Waals surface area contributed by atoms with Crippen LogP contribution in [-0.4, -0.2) is 10.7 Å². The van der Waals surface area contributed by atoms with Crippen LogP contribution in [0, 0.1) is 5.82 Å². The van der Waals surface area contributed by atoms with Crippen LogP contribution in [0.2, 0.25) is 5.02 Å². The van der Waals surface area contributed by atoms with E-state index in [0.717, 1.165) is 34.6 Å². The number of nitrogens with zero attached hydrogens (tertiary/aromatic N) is 2. The number of fused-ring (bicyclic) bond motifs is 3. The fraction of sp³-hybridized carbons (Fsp3) is 0.136. The van der Waals surface area contributed by atoms with Gasteiger partial charge in [0, 0.05) is 22.6 Å². The zero-order valence-corrected chi connectivity index (χ0v) is 17.0. The second-order valence-electron chi connectivity index (χ2n) is 6.84. The molecule has 6 heteroatoms. The largest absolute Gasteiger partial charge is 0.464 e. The second kappa shape index (κ2) is 6.90. The standard InChI is InChI=1S/C22H15BrClFN2O/c23-17-11-14(7-10-18(17)25)22-27-20(16-3-1-2-4-21(16)28-22)12-19(26-27)13-5-8-15(24)9-6-13/h1-11,20,22H,12H2/t20-,22-/m0/s1. The van der Waals surface area contributed by atoms with Crippen LogP contribution >= 0.6 is 27.5 Å². The van der Waals surface area contributed by atoms with Crippen molar-refractivity contribution in [3.63, 3.8) is 0 Å². The van der Waals surface area contributed by atoms with Gasteiger partial charge in [-0.15, -0.1) is 0 Å². The number of hydrazone groups is 1. The lowest BCUT2D eigenvalue weighted by atomic mass is 9.96. The van der Waals surface area contributed by atoms with Crippen molar-refractivity contribution in [1.82, 2.24) is 5.01 Å². The van der Waals surface area contributed by atoms with Crippen molar-refractivity contribution in [1.29, 1.82) is 0 Å². The molecule has 3 aromatic carbocycles. The van der Waals surface area contributed by atoms with E-state index < -0.39 is 6.23 Å². The van der Waals surface area contributed by atoms with E-state index in [2.05, 4.69) is 22.0 Å². The molecule has 2 atom stereocenters. The van der Waals surface area contributed by atoms with Gasteiger partial charge in [-0.2, -0.15) is 5.10 Å². The molecular formula is C22H15BrClFN2O. The van der Waals surface area contributed by atoms with Crippen molar-refractivity contribution < 1.29 is 9.13 Å². The molecule has 0 fully saturated rings. The van der Waals surface area contributed by atoms with Gasteiger partial charge in [-0.05, 0) is 51.8 Å². The van der Waals surface area contributed by atoms with Crippen LogP contribution in [0.1, 0.15) is 35.4 Å². The van der Waals surface area contributed by atoms with Crippen molar-refractivity contribution in [2.45, 2.75) is 18.7 Å². The molecule has 2 aliphatic rings. The van der Waals surface area contributed by atoms with Crippen molar-refractivity contribution in [3.8, 4) is 5.75 Å². The molecule has 0 saturated carbocycles. The van der Waals surface area contributed by atoms with Gasteiger partial charge in [0.15, 0.2) is 0 Å². The molecule has 3 nitrogen and oxygen atoms in total. The number of ether oxygens (including phenoxy) is 1. The third-order valence-electron chi connectivity index (χ3n) is 5.11. The predicted octanol–water partition coefficient (Wildman–Crippen LogP) is 6.48. The van der Waals surface area contributed by atoms with Crippen LogP contribution in [0.4, 0.5) is 4.39 Å². The fourth-order valence-electron chi connectivity index (χ4n) is 3.74. The number of rotatable bonds is 2. The normalized spacial score (nSPS) is 20.2. The molecule has 5 rings (SSSR count). The summed E-state index contributed by atoms with van der Waals surface area (Å²) in [6, 6.07) is 20.7. The first kappa shape index (κ1) is 17.7. The maximum absolute atomic E-state index is 13.7. The minimum Gasteiger partial charge on any atom is -0.464 e. The monoisotopic (exact) mass is 456 g/mol. The summed E-state index contributed by atoms with van der Waals surface area (Å²) in [5.74, 6) is 0.532. The minimum atomic E-state index is -0.429. The van der Waals surface area contributed by atoms with Crippen LogP contribution in [-0.2, 0) is 0 Å². The van der Waals surface area contributed by atoms with Crippen LogP contribution in [0.5, 0.6) is 5.75 Å². The summed E-state index contributed by atoms with van der Waals surface area (Å²) in [7, 11) is 0. The van der Waals surface area contributed by atoms with E-state index in [4.69, 9.17) is 21.4 Å². The lowest BCUT2D eigenvalue weighted by Gasteiger charge is -2.38. The topological polar surface area (TPSA) is 24.8 Å². The number of hydrogen-bond donors (Lipinski definition) is 0. The SMILES string of the molecule is Fc1ccc([C@@H]2Oc3ccccc3[C@@H]3CC(c4ccc(Cl)cc4)=NN32)cc1Br. The summed E-state index contributed by atoms with van der Waals surface area (Å²) in [6.45, 7) is 0. The molecule has 140 valence electrons. The van der Waals surface area contributed by atoms with E-state index in [1.165, 1.54) is 6.07 Å². The zero-order valence-electron chi connectivity index (χ0n) is 14.6. The first-order valence-electron chi connectivity index (χ1n) is 8.92. The Balaban J connectivity index is 1.59. The highest BCUT2D eigenvalue weighted by molar-refractivity contribution is 9.10. The van der Waals surface area contributed by atoms with Gasteiger partial charge in [-0.1, -0.05) is 48.0 Å². The molecule has 2 heterocycles. The average Bonchev–Trinajstić information content (AvgIpc) is 3.16. The molecule has 0 bridgehead atoms. The van der Waals surface area contributed by atoms with Gasteiger partial charge in [0.25, 0.3) is 0 Å². The zero-order chi connectivity index (χ0) is 19.3. The molecule has 28 heavy (non-hydrogen) atoms. The van der Waals surface area contributed by atoms with Gasteiger partial charge in [0.2, 0.25) is 6.23 Å². The summed E-state index contributed by atoms with van der Waals surface area (Å²) in [4.78, 5) is 0. The highest BCUT2D eigenvalue weighted by Gasteiger charge is 2.40. The highest BCUT2D eigenvalue weighted by atomic mass is 79.9. The molecule has 0 N–H and O–H groups in total. The maximum atomic E-state index is 13.7. The van der Waals surface area contributed by atoms with Gasteiger partial charge >= 0.3 is 0 Å². The Morgan fingerprint density at radius 2 is 1.86 bits per heavy atom. The summed E-state index contributed by atoms with van der Waals surface area (Å²) in [6.07, 6.45) is 0.336. The second-order valence-corrected chi connectivity index (χ2v) is 8.13. The molecule has 2 aliphatic heterocycles. The molecular weight excluding hydrogens is 443 g/mol. The van der Waals surface area contributed by atoms with Crippen molar-refractivity contribution in [2.75, 3.05) is 0 Å². The van der Waals surface area contributed by atoms with E-state index >= 15 is 0 Å². The maximum Gasteiger partial charge on any atom is 0.213 e. The van der Waals surface area contributed by atoms with Crippen molar-refractivity contribution in [3.05, 3.63) is 98.7 Å². The van der Waals surface area contributed by atoms with Crippen LogP contribution < -0.4 is 4.74 Å². The fourth-order valence-corrected chi connectivity index (χ4v) is 4.26. The third-order valence-corrected chi connectivity index (χ3v) is 5.97. The first-order valence-corrected chi connectivity index (χ1v) is 10.1.